The Hall–Kier alpha value is -1.93. The van der Waals surface area contributed by atoms with Crippen LogP contribution in [0.3, 0.4) is 0 Å². The molecule has 1 aromatic heterocycles. The number of benzene rings is 1. The molecule has 7 nitrogen and oxygen atoms in total. The molecule has 0 radical (unpaired) electrons. The van der Waals surface area contributed by atoms with E-state index in [2.05, 4.69) is 25.5 Å². The van der Waals surface area contributed by atoms with Crippen LogP contribution >= 0.6 is 23.2 Å². The van der Waals surface area contributed by atoms with Crippen LogP contribution in [0.1, 0.15) is 10.4 Å². The normalized spacial score (nSPS) is 14.8. The molecule has 2 heterocycles. The van der Waals surface area contributed by atoms with Gasteiger partial charge >= 0.3 is 0 Å². The van der Waals surface area contributed by atoms with Gasteiger partial charge in [0, 0.05) is 44.3 Å². The van der Waals surface area contributed by atoms with E-state index in [1.807, 2.05) is 0 Å². The van der Waals surface area contributed by atoms with E-state index < -0.39 is 0 Å². The van der Waals surface area contributed by atoms with E-state index in [9.17, 15) is 4.79 Å². The zero-order valence-electron chi connectivity index (χ0n) is 14.0. The van der Waals surface area contributed by atoms with Gasteiger partial charge in [0.05, 0.1) is 28.8 Å². The lowest BCUT2D eigenvalue weighted by atomic mass is 10.3. The first-order valence-electron chi connectivity index (χ1n) is 8.24. The van der Waals surface area contributed by atoms with E-state index in [0.717, 1.165) is 32.8 Å². The zero-order valence-corrected chi connectivity index (χ0v) is 15.6. The van der Waals surface area contributed by atoms with Crippen LogP contribution in [0, 0.1) is 0 Å². The Labute approximate surface area is 161 Å². The molecule has 1 saturated heterocycles. The monoisotopic (exact) mass is 395 g/mol. The number of nitrogens with one attached hydrogen (secondary N) is 2. The number of amides is 1. The second-order valence-corrected chi connectivity index (χ2v) is 6.57. The van der Waals surface area contributed by atoms with Gasteiger partial charge in [-0.15, -0.1) is 0 Å². The SMILES string of the molecule is O=C(NCCN1CCOCC1)c1cnc(Nc2ccc(Cl)c(Cl)c2)nc1. The second kappa shape index (κ2) is 9.14. The standard InChI is InChI=1S/C17H19Cl2N5O2/c18-14-2-1-13(9-15(14)19)23-17-21-10-12(11-22-17)16(25)20-3-4-24-5-7-26-8-6-24/h1-2,9-11H,3-8H2,(H,20,25)(H,21,22,23). The fraction of sp³-hybridized carbons (Fsp3) is 0.353. The molecule has 0 bridgehead atoms. The molecule has 1 fully saturated rings. The number of morpholine rings is 1. The third kappa shape index (κ3) is 5.28. The van der Waals surface area contributed by atoms with Crippen molar-refractivity contribution in [2.75, 3.05) is 44.7 Å². The Balaban J connectivity index is 1.49. The zero-order chi connectivity index (χ0) is 18.4. The molecule has 138 valence electrons. The third-order valence-corrected chi connectivity index (χ3v) is 4.65. The molecule has 1 aliphatic heterocycles. The van der Waals surface area contributed by atoms with Crippen LogP contribution in [0.2, 0.25) is 10.0 Å². The average Bonchev–Trinajstić information content (AvgIpc) is 2.66. The Morgan fingerprint density at radius 2 is 1.88 bits per heavy atom. The van der Waals surface area contributed by atoms with Gasteiger partial charge in [0.15, 0.2) is 0 Å². The van der Waals surface area contributed by atoms with Crippen molar-refractivity contribution in [2.45, 2.75) is 0 Å². The Morgan fingerprint density at radius 3 is 2.58 bits per heavy atom. The van der Waals surface area contributed by atoms with Crippen LogP contribution in [0.4, 0.5) is 11.6 Å². The third-order valence-electron chi connectivity index (χ3n) is 3.91. The van der Waals surface area contributed by atoms with Crippen molar-refractivity contribution >= 4 is 40.7 Å². The van der Waals surface area contributed by atoms with Gasteiger partial charge < -0.3 is 15.4 Å². The largest absolute Gasteiger partial charge is 0.379 e. The minimum Gasteiger partial charge on any atom is -0.379 e. The van der Waals surface area contributed by atoms with Gasteiger partial charge in [-0.2, -0.15) is 0 Å². The van der Waals surface area contributed by atoms with E-state index in [-0.39, 0.29) is 5.91 Å². The molecule has 0 saturated carbocycles. The number of carbonyl (C=O) groups is 1. The summed E-state index contributed by atoms with van der Waals surface area (Å²) in [5.41, 5.74) is 1.12. The lowest BCUT2D eigenvalue weighted by molar-refractivity contribution is 0.0383. The molecule has 26 heavy (non-hydrogen) atoms. The molecule has 9 heteroatoms. The number of rotatable bonds is 6. The highest BCUT2D eigenvalue weighted by molar-refractivity contribution is 6.42. The van der Waals surface area contributed by atoms with E-state index in [0.29, 0.717) is 33.8 Å². The highest BCUT2D eigenvalue weighted by Crippen LogP contribution is 2.26. The highest BCUT2D eigenvalue weighted by Gasteiger charge is 2.11. The number of aromatic nitrogens is 2. The van der Waals surface area contributed by atoms with E-state index in [4.69, 9.17) is 27.9 Å². The Bertz CT molecular complexity index is 751. The number of nitrogens with zero attached hydrogens (tertiary/aromatic N) is 3. The smallest absolute Gasteiger partial charge is 0.254 e. The van der Waals surface area contributed by atoms with Crippen molar-refractivity contribution in [2.24, 2.45) is 0 Å². The number of hydrogen-bond donors (Lipinski definition) is 2. The van der Waals surface area contributed by atoms with Crippen molar-refractivity contribution in [3.63, 3.8) is 0 Å². The van der Waals surface area contributed by atoms with Crippen LogP contribution in [0.15, 0.2) is 30.6 Å². The van der Waals surface area contributed by atoms with Crippen molar-refractivity contribution < 1.29 is 9.53 Å². The topological polar surface area (TPSA) is 79.4 Å². The first-order chi connectivity index (χ1) is 12.6. The fourth-order valence-corrected chi connectivity index (χ4v) is 2.77. The highest BCUT2D eigenvalue weighted by atomic mass is 35.5. The van der Waals surface area contributed by atoms with Gasteiger partial charge in [-0.05, 0) is 18.2 Å². The van der Waals surface area contributed by atoms with Crippen LogP contribution in [-0.2, 0) is 4.74 Å². The van der Waals surface area contributed by atoms with Crippen molar-refractivity contribution in [3.05, 3.63) is 46.2 Å². The van der Waals surface area contributed by atoms with Crippen molar-refractivity contribution in [1.82, 2.24) is 20.2 Å². The summed E-state index contributed by atoms with van der Waals surface area (Å²) in [4.78, 5) is 22.7. The fourth-order valence-electron chi connectivity index (χ4n) is 2.47. The summed E-state index contributed by atoms with van der Waals surface area (Å²) in [5.74, 6) is 0.174. The second-order valence-electron chi connectivity index (χ2n) is 5.76. The number of carbonyl (C=O) groups excluding carboxylic acids is 1. The molecular weight excluding hydrogens is 377 g/mol. The maximum Gasteiger partial charge on any atom is 0.254 e. The van der Waals surface area contributed by atoms with Crippen LogP contribution < -0.4 is 10.6 Å². The molecule has 1 aromatic carbocycles. The molecule has 2 aromatic rings. The Morgan fingerprint density at radius 1 is 1.15 bits per heavy atom. The summed E-state index contributed by atoms with van der Waals surface area (Å²) in [6, 6.07) is 5.13. The van der Waals surface area contributed by atoms with Gasteiger partial charge in [0.2, 0.25) is 5.95 Å². The van der Waals surface area contributed by atoms with Gasteiger partial charge in [0.1, 0.15) is 0 Å². The molecule has 3 rings (SSSR count). The van der Waals surface area contributed by atoms with Crippen molar-refractivity contribution in [1.29, 1.82) is 0 Å². The quantitative estimate of drug-likeness (QED) is 0.782. The molecule has 0 unspecified atom stereocenters. The van der Waals surface area contributed by atoms with Crippen LogP contribution in [0.5, 0.6) is 0 Å². The first kappa shape index (κ1) is 18.8. The first-order valence-corrected chi connectivity index (χ1v) is 9.00. The van der Waals surface area contributed by atoms with Crippen molar-refractivity contribution in [3.8, 4) is 0 Å². The number of halogens is 2. The minimum absolute atomic E-state index is 0.195. The van der Waals surface area contributed by atoms with Crippen LogP contribution in [-0.4, -0.2) is 60.2 Å². The van der Waals surface area contributed by atoms with E-state index >= 15 is 0 Å². The maximum atomic E-state index is 12.2. The summed E-state index contributed by atoms with van der Waals surface area (Å²) in [5, 5.41) is 6.80. The molecule has 1 aliphatic rings. The average molecular weight is 396 g/mol. The number of hydrogen-bond acceptors (Lipinski definition) is 6. The molecule has 2 N–H and O–H groups in total. The van der Waals surface area contributed by atoms with Crippen LogP contribution in [0.25, 0.3) is 0 Å². The Kier molecular flexibility index (Phi) is 6.62. The summed E-state index contributed by atoms with van der Waals surface area (Å²) in [7, 11) is 0. The number of ether oxygens (including phenoxy) is 1. The molecule has 0 atom stereocenters. The summed E-state index contributed by atoms with van der Waals surface area (Å²) < 4.78 is 5.30. The number of anilines is 2. The van der Waals surface area contributed by atoms with E-state index in [1.165, 1.54) is 12.4 Å². The predicted octanol–water partition coefficient (Wildman–Crippen LogP) is 2.59. The van der Waals surface area contributed by atoms with E-state index in [1.54, 1.807) is 18.2 Å². The predicted molar refractivity (Wildman–Crippen MR) is 101 cm³/mol. The van der Waals surface area contributed by atoms with Gasteiger partial charge in [-0.25, -0.2) is 9.97 Å². The van der Waals surface area contributed by atoms with Gasteiger partial charge in [-0.1, -0.05) is 23.2 Å². The summed E-state index contributed by atoms with van der Waals surface area (Å²) >= 11 is 11.9. The maximum absolute atomic E-state index is 12.2. The molecule has 0 aliphatic carbocycles. The molecular formula is C17H19Cl2N5O2. The lowest BCUT2D eigenvalue weighted by Crippen LogP contribution is -2.41. The van der Waals surface area contributed by atoms with Gasteiger partial charge in [-0.3, -0.25) is 9.69 Å². The molecule has 0 spiro atoms. The lowest BCUT2D eigenvalue weighted by Gasteiger charge is -2.26. The van der Waals surface area contributed by atoms with Gasteiger partial charge in [0.25, 0.3) is 5.91 Å². The summed E-state index contributed by atoms with van der Waals surface area (Å²) in [6.07, 6.45) is 2.97. The molecule has 1 amide bonds. The summed E-state index contributed by atoms with van der Waals surface area (Å²) in [6.45, 7) is 4.65. The minimum atomic E-state index is -0.195.